The van der Waals surface area contributed by atoms with Crippen LogP contribution in [-0.2, 0) is 11.2 Å². The fourth-order valence-corrected chi connectivity index (χ4v) is 2.93. The highest BCUT2D eigenvalue weighted by molar-refractivity contribution is 5.51. The number of nitrogens with one attached hydrogen (secondary N) is 1. The van der Waals surface area contributed by atoms with Gasteiger partial charge >= 0.3 is 0 Å². The summed E-state index contributed by atoms with van der Waals surface area (Å²) in [6.45, 7) is 7.75. The summed E-state index contributed by atoms with van der Waals surface area (Å²) in [6, 6.07) is 6.10. The van der Waals surface area contributed by atoms with Crippen LogP contribution >= 0.6 is 0 Å². The maximum Gasteiger partial charge on any atom is 0.248 e. The van der Waals surface area contributed by atoms with Crippen molar-refractivity contribution in [2.75, 3.05) is 18.5 Å². The molecule has 1 aromatic heterocycles. The highest BCUT2D eigenvalue weighted by Crippen LogP contribution is 2.27. The molecule has 136 valence electrons. The van der Waals surface area contributed by atoms with Crippen LogP contribution in [-0.4, -0.2) is 29.5 Å². The van der Waals surface area contributed by atoms with Gasteiger partial charge in [0.1, 0.15) is 17.9 Å². The fourth-order valence-electron chi connectivity index (χ4n) is 2.93. The minimum atomic E-state index is -0.0419. The van der Waals surface area contributed by atoms with Gasteiger partial charge in [0.25, 0.3) is 0 Å². The second-order valence-electron chi connectivity index (χ2n) is 6.57. The van der Waals surface area contributed by atoms with Crippen LogP contribution in [0.25, 0.3) is 0 Å². The molecule has 0 saturated carbocycles. The molecule has 1 N–H and O–H groups in total. The van der Waals surface area contributed by atoms with Crippen LogP contribution in [0.2, 0.25) is 0 Å². The summed E-state index contributed by atoms with van der Waals surface area (Å²) < 4.78 is 16.8. The van der Waals surface area contributed by atoms with E-state index in [1.54, 1.807) is 0 Å². The molecule has 2 heterocycles. The quantitative estimate of drug-likeness (QED) is 0.816. The van der Waals surface area contributed by atoms with Crippen LogP contribution in [0.1, 0.15) is 56.4 Å². The molecule has 25 heavy (non-hydrogen) atoms. The van der Waals surface area contributed by atoms with Gasteiger partial charge in [-0.25, -0.2) is 0 Å². The first kappa shape index (κ1) is 17.7. The van der Waals surface area contributed by atoms with Gasteiger partial charge in [-0.15, -0.1) is 0 Å². The van der Waals surface area contributed by atoms with Gasteiger partial charge in [0.05, 0.1) is 13.2 Å². The predicted octanol–water partition coefficient (Wildman–Crippen LogP) is 4.06. The lowest BCUT2D eigenvalue weighted by molar-refractivity contribution is 0.0253. The first-order valence-corrected chi connectivity index (χ1v) is 9.09. The van der Waals surface area contributed by atoms with Gasteiger partial charge in [0.15, 0.2) is 5.82 Å². The molecule has 1 aliphatic heterocycles. The number of benzene rings is 1. The van der Waals surface area contributed by atoms with Gasteiger partial charge < -0.3 is 19.3 Å². The first-order valence-electron chi connectivity index (χ1n) is 9.09. The lowest BCUT2D eigenvalue weighted by Crippen LogP contribution is -2.26. The topological polar surface area (TPSA) is 69.4 Å². The van der Waals surface area contributed by atoms with Gasteiger partial charge in [-0.1, -0.05) is 12.1 Å². The summed E-state index contributed by atoms with van der Waals surface area (Å²) in [6.07, 6.45) is 4.00. The molecule has 0 spiro atoms. The van der Waals surface area contributed by atoms with Crippen molar-refractivity contribution in [3.8, 4) is 5.75 Å². The molecule has 6 heteroatoms. The van der Waals surface area contributed by atoms with Crippen molar-refractivity contribution in [2.24, 2.45) is 0 Å². The van der Waals surface area contributed by atoms with E-state index in [-0.39, 0.29) is 12.1 Å². The minimum absolute atomic E-state index is 0.0419. The molecule has 1 aromatic carbocycles. The van der Waals surface area contributed by atoms with Crippen molar-refractivity contribution >= 4 is 5.69 Å². The van der Waals surface area contributed by atoms with Gasteiger partial charge in [0, 0.05) is 24.9 Å². The van der Waals surface area contributed by atoms with Crippen molar-refractivity contribution in [1.82, 2.24) is 10.1 Å². The summed E-state index contributed by atoms with van der Waals surface area (Å²) in [5.41, 5.74) is 2.13. The van der Waals surface area contributed by atoms with Gasteiger partial charge in [-0.3, -0.25) is 0 Å². The van der Waals surface area contributed by atoms with Crippen LogP contribution in [0, 0.1) is 6.92 Å². The van der Waals surface area contributed by atoms with E-state index in [1.807, 2.05) is 19.1 Å². The molecule has 3 rings (SSSR count). The molecule has 1 unspecified atom stereocenters. The lowest BCUT2D eigenvalue weighted by atomic mass is 10.1. The molecule has 1 atom stereocenters. The minimum Gasteiger partial charge on any atom is -0.490 e. The molecule has 6 nitrogen and oxygen atoms in total. The van der Waals surface area contributed by atoms with Crippen LogP contribution in [0.5, 0.6) is 5.75 Å². The Morgan fingerprint density at radius 2 is 2.12 bits per heavy atom. The van der Waals surface area contributed by atoms with Crippen LogP contribution < -0.4 is 10.1 Å². The molecule has 0 radical (unpaired) electrons. The van der Waals surface area contributed by atoms with E-state index in [2.05, 4.69) is 35.4 Å². The van der Waals surface area contributed by atoms with E-state index in [4.69, 9.17) is 14.0 Å². The Balaban J connectivity index is 1.61. The number of ether oxygens (including phenoxy) is 2. The van der Waals surface area contributed by atoms with Crippen molar-refractivity contribution in [2.45, 2.75) is 58.6 Å². The normalized spacial score (nSPS) is 16.6. The van der Waals surface area contributed by atoms with Crippen molar-refractivity contribution in [3.63, 3.8) is 0 Å². The number of nitrogens with zero attached hydrogens (tertiary/aromatic N) is 2. The number of anilines is 1. The van der Waals surface area contributed by atoms with Crippen LogP contribution in [0.4, 0.5) is 5.69 Å². The molecule has 0 aliphatic carbocycles. The van der Waals surface area contributed by atoms with E-state index in [9.17, 15) is 0 Å². The zero-order chi connectivity index (χ0) is 17.6. The molecular formula is C19H27N3O3. The smallest absolute Gasteiger partial charge is 0.248 e. The van der Waals surface area contributed by atoms with Crippen molar-refractivity contribution < 1.29 is 14.0 Å². The van der Waals surface area contributed by atoms with Gasteiger partial charge in [0.2, 0.25) is 5.89 Å². The Morgan fingerprint density at radius 3 is 2.84 bits per heavy atom. The average molecular weight is 345 g/mol. The Morgan fingerprint density at radius 1 is 1.32 bits per heavy atom. The predicted molar refractivity (Wildman–Crippen MR) is 96.0 cm³/mol. The summed E-state index contributed by atoms with van der Waals surface area (Å²) in [7, 11) is 0. The summed E-state index contributed by atoms with van der Waals surface area (Å²) in [5, 5.41) is 7.42. The summed E-state index contributed by atoms with van der Waals surface area (Å²) in [4.78, 5) is 4.44. The average Bonchev–Trinajstić information content (AvgIpc) is 3.07. The third-order valence-corrected chi connectivity index (χ3v) is 4.35. The molecule has 1 fully saturated rings. The van der Waals surface area contributed by atoms with Gasteiger partial charge in [-0.05, 0) is 44.0 Å². The summed E-state index contributed by atoms with van der Waals surface area (Å²) >= 11 is 0. The van der Waals surface area contributed by atoms with E-state index < -0.39 is 0 Å². The SMILES string of the molecule is CCCc1noc(C(C)Nc2ccc(OC3CCOCC3)c(C)c2)n1. The second-order valence-corrected chi connectivity index (χ2v) is 6.57. The largest absolute Gasteiger partial charge is 0.490 e. The Hall–Kier alpha value is -2.08. The number of hydrogen-bond acceptors (Lipinski definition) is 6. The van der Waals surface area contributed by atoms with E-state index >= 15 is 0 Å². The van der Waals surface area contributed by atoms with Crippen LogP contribution in [0.15, 0.2) is 22.7 Å². The Labute approximate surface area is 148 Å². The molecule has 1 saturated heterocycles. The van der Waals surface area contributed by atoms with Crippen LogP contribution in [0.3, 0.4) is 0 Å². The maximum atomic E-state index is 6.11. The number of hydrogen-bond donors (Lipinski definition) is 1. The van der Waals surface area contributed by atoms with Gasteiger partial charge in [-0.2, -0.15) is 4.98 Å². The number of aromatic nitrogens is 2. The Bertz CT molecular complexity index is 680. The fraction of sp³-hybridized carbons (Fsp3) is 0.579. The number of rotatable bonds is 7. The third-order valence-electron chi connectivity index (χ3n) is 4.35. The maximum absolute atomic E-state index is 6.11. The molecular weight excluding hydrogens is 318 g/mol. The van der Waals surface area contributed by atoms with E-state index in [0.717, 1.165) is 61.7 Å². The second kappa shape index (κ2) is 8.34. The van der Waals surface area contributed by atoms with E-state index in [0.29, 0.717) is 5.89 Å². The number of aryl methyl sites for hydroxylation is 2. The summed E-state index contributed by atoms with van der Waals surface area (Å²) in [5.74, 6) is 2.32. The molecule has 0 bridgehead atoms. The zero-order valence-corrected chi connectivity index (χ0v) is 15.2. The highest BCUT2D eigenvalue weighted by Gasteiger charge is 2.17. The lowest BCUT2D eigenvalue weighted by Gasteiger charge is -2.24. The van der Waals surface area contributed by atoms with Crippen molar-refractivity contribution in [3.05, 3.63) is 35.5 Å². The van der Waals surface area contributed by atoms with Crippen molar-refractivity contribution in [1.29, 1.82) is 0 Å². The molecule has 0 amide bonds. The Kier molecular flexibility index (Phi) is 5.91. The molecule has 1 aliphatic rings. The highest BCUT2D eigenvalue weighted by atomic mass is 16.5. The molecule has 2 aromatic rings. The monoisotopic (exact) mass is 345 g/mol. The third kappa shape index (κ3) is 4.72. The van der Waals surface area contributed by atoms with E-state index in [1.165, 1.54) is 0 Å². The standard InChI is InChI=1S/C19H27N3O3/c1-4-5-18-21-19(25-22-18)14(3)20-15-6-7-17(13(2)12-15)24-16-8-10-23-11-9-16/h6-7,12,14,16,20H,4-5,8-11H2,1-3H3. The first-order chi connectivity index (χ1) is 12.2. The zero-order valence-electron chi connectivity index (χ0n) is 15.2.